The van der Waals surface area contributed by atoms with Crippen molar-refractivity contribution in [2.75, 3.05) is 0 Å². The van der Waals surface area contributed by atoms with Gasteiger partial charge in [0.2, 0.25) is 6.29 Å². The lowest BCUT2D eigenvalue weighted by Gasteiger charge is -2.13. The fourth-order valence-electron chi connectivity index (χ4n) is 0.466. The average Bonchev–Trinajstić information content (AvgIpc) is 1.84. The molecule has 12 heavy (non-hydrogen) atoms. The van der Waals surface area contributed by atoms with Gasteiger partial charge in [0.1, 0.15) is 0 Å². The summed E-state index contributed by atoms with van der Waals surface area (Å²) in [6, 6.07) is 0. The van der Waals surface area contributed by atoms with Gasteiger partial charge in [0.15, 0.2) is 0 Å². The second kappa shape index (κ2) is 5.03. The van der Waals surface area contributed by atoms with E-state index in [1.807, 2.05) is 0 Å². The van der Waals surface area contributed by atoms with Crippen LogP contribution in [0.4, 0.5) is 4.79 Å². The summed E-state index contributed by atoms with van der Waals surface area (Å²) >= 11 is 3.36. The predicted octanol–water partition coefficient (Wildman–Crippen LogP) is 1.60. The van der Waals surface area contributed by atoms with Crippen LogP contribution in [-0.4, -0.2) is 17.6 Å². The molecule has 0 aliphatic carbocycles. The molecule has 1 unspecified atom stereocenters. The van der Waals surface area contributed by atoms with Crippen LogP contribution in [0.1, 0.15) is 20.8 Å². The van der Waals surface area contributed by atoms with Gasteiger partial charge in [-0.3, -0.25) is 4.79 Å². The van der Waals surface area contributed by atoms with Crippen molar-refractivity contribution in [3.8, 4) is 0 Å². The molecule has 0 spiro atoms. The highest BCUT2D eigenvalue weighted by molar-refractivity contribution is 7.96. The summed E-state index contributed by atoms with van der Waals surface area (Å²) in [5.74, 6) is -0.636. The van der Waals surface area contributed by atoms with E-state index in [4.69, 9.17) is 4.74 Å². The highest BCUT2D eigenvalue weighted by Crippen LogP contribution is 2.03. The summed E-state index contributed by atoms with van der Waals surface area (Å²) in [6.07, 6.45) is -0.870. The second-order valence-electron chi connectivity index (χ2n) is 2.54. The molecule has 0 N–H and O–H groups in total. The van der Waals surface area contributed by atoms with Crippen LogP contribution in [-0.2, 0) is 14.3 Å². The zero-order chi connectivity index (χ0) is 9.72. The first-order chi connectivity index (χ1) is 5.43. The van der Waals surface area contributed by atoms with Gasteiger partial charge in [0.25, 0.3) is 0 Å². The lowest BCUT2D eigenvalue weighted by atomic mass is 10.2. The van der Waals surface area contributed by atoms with E-state index in [9.17, 15) is 9.59 Å². The van der Waals surface area contributed by atoms with Gasteiger partial charge in [-0.2, -0.15) is 0 Å². The zero-order valence-electron chi connectivity index (χ0n) is 7.23. The van der Waals surface area contributed by atoms with E-state index in [1.54, 1.807) is 13.8 Å². The van der Waals surface area contributed by atoms with Crippen molar-refractivity contribution in [3.63, 3.8) is 0 Å². The van der Waals surface area contributed by atoms with E-state index in [-0.39, 0.29) is 5.92 Å². The molecule has 0 amide bonds. The number of hydrogen-bond acceptors (Lipinski definition) is 4. The second-order valence-corrected chi connectivity index (χ2v) is 2.91. The minimum atomic E-state index is -0.870. The maximum Gasteiger partial charge on any atom is 0.367 e. The molecule has 0 aliphatic rings. The molecular formula is C7H12O4S. The third-order valence-electron chi connectivity index (χ3n) is 1.02. The van der Waals surface area contributed by atoms with Gasteiger partial charge in [-0.1, -0.05) is 26.5 Å². The molecule has 0 saturated heterocycles. The van der Waals surface area contributed by atoms with Crippen molar-refractivity contribution in [3.05, 3.63) is 0 Å². The Balaban J connectivity index is 3.76. The summed E-state index contributed by atoms with van der Waals surface area (Å²) in [7, 11) is 0. The Bertz CT molecular complexity index is 178. The number of rotatable bonds is 3. The Hall–Kier alpha value is -0.710. The van der Waals surface area contributed by atoms with Crippen LogP contribution < -0.4 is 0 Å². The van der Waals surface area contributed by atoms with E-state index >= 15 is 0 Å². The first-order valence-electron chi connectivity index (χ1n) is 3.53. The Kier molecular flexibility index (Phi) is 4.73. The number of thiol groups is 1. The number of esters is 1. The van der Waals surface area contributed by atoms with Crippen LogP contribution >= 0.6 is 12.6 Å². The van der Waals surface area contributed by atoms with Gasteiger partial charge in [0.05, 0.1) is 5.92 Å². The van der Waals surface area contributed by atoms with Gasteiger partial charge in [0, 0.05) is 6.92 Å². The smallest absolute Gasteiger partial charge is 0.367 e. The largest absolute Gasteiger partial charge is 0.425 e. The van der Waals surface area contributed by atoms with Crippen molar-refractivity contribution in [2.24, 2.45) is 5.92 Å². The summed E-state index contributed by atoms with van der Waals surface area (Å²) in [4.78, 5) is 21.2. The molecule has 1 atom stereocenters. The Morgan fingerprint density at radius 3 is 2.00 bits per heavy atom. The Labute approximate surface area is 76.6 Å². The summed E-state index contributed by atoms with van der Waals surface area (Å²) in [5, 5.41) is -0.765. The Morgan fingerprint density at radius 2 is 1.67 bits per heavy atom. The first kappa shape index (κ1) is 11.3. The minimum Gasteiger partial charge on any atom is -0.425 e. The molecular weight excluding hydrogens is 180 g/mol. The SMILES string of the molecule is CC(OC(=O)S)OC(=O)C(C)C. The maximum absolute atomic E-state index is 10.9. The molecule has 0 saturated carbocycles. The third kappa shape index (κ3) is 5.01. The molecule has 0 radical (unpaired) electrons. The van der Waals surface area contributed by atoms with Crippen molar-refractivity contribution in [1.82, 2.24) is 0 Å². The summed E-state index contributed by atoms with van der Waals surface area (Å²) < 4.78 is 9.14. The minimum absolute atomic E-state index is 0.230. The maximum atomic E-state index is 10.9. The van der Waals surface area contributed by atoms with Crippen LogP contribution in [0.2, 0.25) is 0 Å². The highest BCUT2D eigenvalue weighted by Gasteiger charge is 2.14. The summed E-state index contributed by atoms with van der Waals surface area (Å²) in [6.45, 7) is 4.84. The number of carbonyl (C=O) groups is 2. The van der Waals surface area contributed by atoms with E-state index in [0.717, 1.165) is 0 Å². The van der Waals surface area contributed by atoms with E-state index in [0.29, 0.717) is 0 Å². The molecule has 0 aromatic carbocycles. The first-order valence-corrected chi connectivity index (χ1v) is 3.98. The van der Waals surface area contributed by atoms with Crippen molar-refractivity contribution in [1.29, 1.82) is 0 Å². The fraction of sp³-hybridized carbons (Fsp3) is 0.714. The molecule has 0 aliphatic heterocycles. The van der Waals surface area contributed by atoms with Crippen LogP contribution in [0.25, 0.3) is 0 Å². The molecule has 70 valence electrons. The van der Waals surface area contributed by atoms with E-state index in [2.05, 4.69) is 17.4 Å². The van der Waals surface area contributed by atoms with Crippen molar-refractivity contribution < 1.29 is 19.1 Å². The normalized spacial score (nSPS) is 12.4. The fourth-order valence-corrected chi connectivity index (χ4v) is 0.614. The molecule has 0 aromatic heterocycles. The van der Waals surface area contributed by atoms with Gasteiger partial charge >= 0.3 is 11.3 Å². The average molecular weight is 192 g/mol. The molecule has 0 heterocycles. The van der Waals surface area contributed by atoms with Crippen molar-refractivity contribution >= 4 is 23.9 Å². The third-order valence-corrected chi connectivity index (χ3v) is 1.13. The van der Waals surface area contributed by atoms with Crippen LogP contribution in [0.15, 0.2) is 0 Å². The standard InChI is InChI=1S/C7H12O4S/c1-4(2)6(8)10-5(3)11-7(9)12/h4-5H,1-3H3,(H,9,12). The van der Waals surface area contributed by atoms with E-state index in [1.165, 1.54) is 6.92 Å². The molecule has 0 aromatic rings. The van der Waals surface area contributed by atoms with Crippen LogP contribution in [0.5, 0.6) is 0 Å². The lowest BCUT2D eigenvalue weighted by molar-refractivity contribution is -0.167. The quantitative estimate of drug-likeness (QED) is 0.419. The van der Waals surface area contributed by atoms with E-state index < -0.39 is 17.6 Å². The van der Waals surface area contributed by atoms with Crippen LogP contribution in [0, 0.1) is 5.92 Å². The number of hydrogen-bond donors (Lipinski definition) is 1. The van der Waals surface area contributed by atoms with Gasteiger partial charge in [-0.05, 0) is 0 Å². The van der Waals surface area contributed by atoms with Crippen LogP contribution in [0.3, 0.4) is 0 Å². The molecule has 0 fully saturated rings. The predicted molar refractivity (Wildman–Crippen MR) is 45.9 cm³/mol. The van der Waals surface area contributed by atoms with Gasteiger partial charge in [-0.15, -0.1) is 0 Å². The lowest BCUT2D eigenvalue weighted by Crippen LogP contribution is -2.22. The van der Waals surface area contributed by atoms with Gasteiger partial charge < -0.3 is 9.47 Å². The molecule has 0 bridgehead atoms. The van der Waals surface area contributed by atoms with Crippen molar-refractivity contribution in [2.45, 2.75) is 27.1 Å². The Morgan fingerprint density at radius 1 is 1.17 bits per heavy atom. The topological polar surface area (TPSA) is 52.6 Å². The summed E-state index contributed by atoms with van der Waals surface area (Å²) in [5.41, 5.74) is 0. The molecule has 0 rings (SSSR count). The highest BCUT2D eigenvalue weighted by atomic mass is 32.1. The monoisotopic (exact) mass is 192 g/mol. The number of carbonyl (C=O) groups excluding carboxylic acids is 2. The molecule has 4 nitrogen and oxygen atoms in total. The number of ether oxygens (including phenoxy) is 2. The van der Waals surface area contributed by atoms with Gasteiger partial charge in [-0.25, -0.2) is 4.79 Å². The zero-order valence-corrected chi connectivity index (χ0v) is 8.13. The molecule has 5 heteroatoms.